The number of hydrogen-bond acceptors (Lipinski definition) is 8. The molecule has 31 heavy (non-hydrogen) atoms. The number of anilines is 1. The van der Waals surface area contributed by atoms with E-state index in [0.717, 1.165) is 58.2 Å². The zero-order valence-electron chi connectivity index (χ0n) is 17.9. The van der Waals surface area contributed by atoms with E-state index < -0.39 is 0 Å². The SMILES string of the molecule is CSc1nc(NCCSCc2ccc(CN(C)C)o2)n2nc(-c3ccccc3)cc2n1. The molecule has 4 rings (SSSR count). The predicted octanol–water partition coefficient (Wildman–Crippen LogP) is 4.51. The summed E-state index contributed by atoms with van der Waals surface area (Å²) in [5.41, 5.74) is 2.74. The Bertz CT molecular complexity index is 1130. The average Bonchev–Trinajstić information content (AvgIpc) is 3.40. The molecule has 0 atom stereocenters. The molecule has 0 bridgehead atoms. The summed E-state index contributed by atoms with van der Waals surface area (Å²) in [5.74, 6) is 4.50. The highest BCUT2D eigenvalue weighted by Gasteiger charge is 2.12. The normalized spacial score (nSPS) is 11.5. The summed E-state index contributed by atoms with van der Waals surface area (Å²) >= 11 is 3.35. The summed E-state index contributed by atoms with van der Waals surface area (Å²) in [7, 11) is 4.08. The quantitative estimate of drug-likeness (QED) is 0.277. The fourth-order valence-corrected chi connectivity index (χ4v) is 4.24. The van der Waals surface area contributed by atoms with E-state index in [4.69, 9.17) is 9.52 Å². The second-order valence-electron chi connectivity index (χ2n) is 7.28. The van der Waals surface area contributed by atoms with E-state index in [1.54, 1.807) is 4.52 Å². The monoisotopic (exact) mass is 454 g/mol. The van der Waals surface area contributed by atoms with Gasteiger partial charge in [-0.1, -0.05) is 42.1 Å². The number of nitrogens with zero attached hydrogens (tertiary/aromatic N) is 5. The summed E-state index contributed by atoms with van der Waals surface area (Å²) in [5, 5.41) is 8.88. The molecule has 4 aromatic rings. The van der Waals surface area contributed by atoms with Crippen LogP contribution in [0.5, 0.6) is 0 Å². The predicted molar refractivity (Wildman–Crippen MR) is 129 cm³/mol. The van der Waals surface area contributed by atoms with Gasteiger partial charge in [0, 0.05) is 23.9 Å². The molecule has 0 amide bonds. The van der Waals surface area contributed by atoms with Crippen LogP contribution in [0, 0.1) is 0 Å². The number of hydrogen-bond donors (Lipinski definition) is 1. The Morgan fingerprint density at radius 1 is 1.06 bits per heavy atom. The molecule has 1 aromatic carbocycles. The van der Waals surface area contributed by atoms with Gasteiger partial charge in [0.2, 0.25) is 5.95 Å². The Labute approximate surface area is 190 Å². The number of furan rings is 1. The summed E-state index contributed by atoms with van der Waals surface area (Å²) in [6.45, 7) is 1.60. The molecular weight excluding hydrogens is 428 g/mol. The van der Waals surface area contributed by atoms with Gasteiger partial charge in [0.15, 0.2) is 10.8 Å². The van der Waals surface area contributed by atoms with Gasteiger partial charge >= 0.3 is 0 Å². The summed E-state index contributed by atoms with van der Waals surface area (Å²) in [4.78, 5) is 11.3. The summed E-state index contributed by atoms with van der Waals surface area (Å²) in [6.07, 6.45) is 1.98. The van der Waals surface area contributed by atoms with Crippen molar-refractivity contribution in [2.75, 3.05) is 38.0 Å². The van der Waals surface area contributed by atoms with E-state index in [9.17, 15) is 0 Å². The molecule has 0 spiro atoms. The van der Waals surface area contributed by atoms with Crippen molar-refractivity contribution in [3.05, 3.63) is 60.1 Å². The Morgan fingerprint density at radius 3 is 2.65 bits per heavy atom. The first-order valence-corrected chi connectivity index (χ1v) is 12.4. The topological polar surface area (TPSA) is 71.5 Å². The second kappa shape index (κ2) is 10.2. The van der Waals surface area contributed by atoms with Crippen LogP contribution < -0.4 is 5.32 Å². The van der Waals surface area contributed by atoms with Crippen molar-refractivity contribution in [1.82, 2.24) is 24.5 Å². The minimum atomic E-state index is 0.711. The van der Waals surface area contributed by atoms with Crippen LogP contribution in [0.1, 0.15) is 11.5 Å². The lowest BCUT2D eigenvalue weighted by atomic mass is 10.2. The molecule has 3 heterocycles. The Hall–Kier alpha value is -2.49. The van der Waals surface area contributed by atoms with Crippen LogP contribution in [0.15, 0.2) is 58.1 Å². The largest absolute Gasteiger partial charge is 0.464 e. The highest BCUT2D eigenvalue weighted by molar-refractivity contribution is 7.98. The molecule has 0 aliphatic heterocycles. The van der Waals surface area contributed by atoms with Crippen molar-refractivity contribution in [3.63, 3.8) is 0 Å². The third-order valence-corrected chi connectivity index (χ3v) is 6.05. The first-order valence-electron chi connectivity index (χ1n) is 10.0. The van der Waals surface area contributed by atoms with E-state index in [2.05, 4.69) is 32.3 Å². The molecule has 0 unspecified atom stereocenters. The summed E-state index contributed by atoms with van der Waals surface area (Å²) in [6, 6.07) is 16.2. The number of thioether (sulfide) groups is 2. The number of aromatic nitrogens is 4. The fourth-order valence-electron chi connectivity index (χ4n) is 3.13. The van der Waals surface area contributed by atoms with Crippen LogP contribution in [-0.2, 0) is 12.3 Å². The molecule has 9 heteroatoms. The van der Waals surface area contributed by atoms with Crippen molar-refractivity contribution in [2.24, 2.45) is 0 Å². The van der Waals surface area contributed by atoms with Crippen molar-refractivity contribution >= 4 is 35.1 Å². The Morgan fingerprint density at radius 2 is 1.87 bits per heavy atom. The minimum Gasteiger partial charge on any atom is -0.464 e. The first-order chi connectivity index (χ1) is 15.1. The maximum atomic E-state index is 5.87. The van der Waals surface area contributed by atoms with E-state index in [0.29, 0.717) is 5.95 Å². The fraction of sp³-hybridized carbons (Fsp3) is 0.318. The molecule has 3 aromatic heterocycles. The zero-order chi connectivity index (χ0) is 21.6. The molecule has 7 nitrogen and oxygen atoms in total. The van der Waals surface area contributed by atoms with E-state index >= 15 is 0 Å². The van der Waals surface area contributed by atoms with Crippen LogP contribution in [0.25, 0.3) is 16.9 Å². The third-order valence-electron chi connectivity index (χ3n) is 4.52. The Kier molecular flexibility index (Phi) is 7.16. The van der Waals surface area contributed by atoms with Gasteiger partial charge in [-0.05, 0) is 32.5 Å². The van der Waals surface area contributed by atoms with Gasteiger partial charge in [0.05, 0.1) is 18.0 Å². The standard InChI is InChI=1S/C22H26N6OS2/c1-27(2)14-17-9-10-18(29-17)15-31-12-11-23-21-25-22(30-3)24-20-13-19(26-28(20)21)16-7-5-4-6-8-16/h4-10,13H,11-12,14-15H2,1-3H3,(H,23,24,25). The molecule has 0 aliphatic carbocycles. The van der Waals surface area contributed by atoms with Crippen LogP contribution in [0.2, 0.25) is 0 Å². The van der Waals surface area contributed by atoms with Gasteiger partial charge in [-0.25, -0.2) is 4.98 Å². The Balaban J connectivity index is 1.38. The van der Waals surface area contributed by atoms with Gasteiger partial charge < -0.3 is 14.6 Å². The molecule has 0 fully saturated rings. The van der Waals surface area contributed by atoms with E-state index in [1.165, 1.54) is 11.8 Å². The number of benzene rings is 1. The molecule has 0 radical (unpaired) electrons. The van der Waals surface area contributed by atoms with Crippen LogP contribution in [0.4, 0.5) is 5.95 Å². The van der Waals surface area contributed by atoms with E-state index in [-0.39, 0.29) is 0 Å². The van der Waals surface area contributed by atoms with Crippen molar-refractivity contribution < 1.29 is 4.42 Å². The van der Waals surface area contributed by atoms with Crippen LogP contribution >= 0.6 is 23.5 Å². The van der Waals surface area contributed by atoms with Crippen molar-refractivity contribution in [3.8, 4) is 11.3 Å². The highest BCUT2D eigenvalue weighted by Crippen LogP contribution is 2.22. The third kappa shape index (κ3) is 5.61. The van der Waals surface area contributed by atoms with Crippen molar-refractivity contribution in [2.45, 2.75) is 17.5 Å². The maximum absolute atomic E-state index is 5.87. The molecule has 1 N–H and O–H groups in total. The van der Waals surface area contributed by atoms with Gasteiger partial charge in [-0.3, -0.25) is 0 Å². The maximum Gasteiger partial charge on any atom is 0.228 e. The summed E-state index contributed by atoms with van der Waals surface area (Å²) < 4.78 is 7.66. The molecule has 0 aliphatic rings. The average molecular weight is 455 g/mol. The minimum absolute atomic E-state index is 0.711. The molecule has 0 saturated heterocycles. The van der Waals surface area contributed by atoms with Gasteiger partial charge in [0.25, 0.3) is 0 Å². The molecular formula is C22H26N6OS2. The van der Waals surface area contributed by atoms with Gasteiger partial charge in [-0.15, -0.1) is 0 Å². The number of nitrogens with one attached hydrogen (secondary N) is 1. The molecule has 0 saturated carbocycles. The second-order valence-corrected chi connectivity index (χ2v) is 9.16. The number of rotatable bonds is 10. The molecule has 162 valence electrons. The van der Waals surface area contributed by atoms with Crippen LogP contribution in [-0.4, -0.2) is 57.1 Å². The lowest BCUT2D eigenvalue weighted by Crippen LogP contribution is -2.12. The lowest BCUT2D eigenvalue weighted by molar-refractivity contribution is 0.344. The van der Waals surface area contributed by atoms with Crippen LogP contribution in [0.3, 0.4) is 0 Å². The highest BCUT2D eigenvalue weighted by atomic mass is 32.2. The smallest absolute Gasteiger partial charge is 0.228 e. The number of fused-ring (bicyclic) bond motifs is 1. The van der Waals surface area contributed by atoms with E-state index in [1.807, 2.05) is 68.5 Å². The van der Waals surface area contributed by atoms with Gasteiger partial charge in [-0.2, -0.15) is 26.4 Å². The van der Waals surface area contributed by atoms with Gasteiger partial charge in [0.1, 0.15) is 11.5 Å². The first kappa shape index (κ1) is 21.7. The lowest BCUT2D eigenvalue weighted by Gasteiger charge is -2.08. The zero-order valence-corrected chi connectivity index (χ0v) is 19.5. The van der Waals surface area contributed by atoms with Crippen molar-refractivity contribution in [1.29, 1.82) is 0 Å².